The van der Waals surface area contributed by atoms with Crippen molar-refractivity contribution in [1.82, 2.24) is 9.88 Å². The highest BCUT2D eigenvalue weighted by Gasteiger charge is 2.16. The zero-order valence-corrected chi connectivity index (χ0v) is 27.2. The van der Waals surface area contributed by atoms with Crippen LogP contribution in [-0.4, -0.2) is 35.0 Å². The smallest absolute Gasteiger partial charge is 0.252 e. The highest BCUT2D eigenvalue weighted by atomic mass is 16.5. The Morgan fingerprint density at radius 1 is 0.977 bits per heavy atom. The lowest BCUT2D eigenvalue weighted by Crippen LogP contribution is -2.32. The summed E-state index contributed by atoms with van der Waals surface area (Å²) in [4.78, 5) is 18.0. The minimum absolute atomic E-state index is 0.169. The summed E-state index contributed by atoms with van der Waals surface area (Å²) < 4.78 is 6.11. The molecule has 1 aliphatic heterocycles. The number of carbonyl (C=O) groups excluding carboxylic acids is 1. The second-order valence-corrected chi connectivity index (χ2v) is 12.2. The number of nitrogen functional groups attached to an aromatic ring is 1. The number of piperidine rings is 1. The Morgan fingerprint density at radius 2 is 1.67 bits per heavy atom. The minimum Gasteiger partial charge on any atom is -0.383 e. The second-order valence-electron chi connectivity index (χ2n) is 12.2. The number of ether oxygens (including phenoxy) is 1. The molecule has 43 heavy (non-hydrogen) atoms. The maximum atomic E-state index is 11.4. The van der Waals surface area contributed by atoms with Gasteiger partial charge in [-0.05, 0) is 91.9 Å². The zero-order chi connectivity index (χ0) is 31.2. The number of hydrogen-bond donors (Lipinski definition) is 2. The largest absolute Gasteiger partial charge is 0.383 e. The van der Waals surface area contributed by atoms with E-state index < -0.39 is 5.91 Å². The third-order valence-electron chi connectivity index (χ3n) is 8.52. The van der Waals surface area contributed by atoms with Crippen molar-refractivity contribution in [2.75, 3.05) is 18.8 Å². The van der Waals surface area contributed by atoms with Crippen LogP contribution in [0.3, 0.4) is 0 Å². The van der Waals surface area contributed by atoms with Crippen LogP contribution in [0.4, 0.5) is 5.82 Å². The molecule has 1 saturated heterocycles. The summed E-state index contributed by atoms with van der Waals surface area (Å²) in [5, 5.41) is 0. The van der Waals surface area contributed by atoms with Crippen LogP contribution >= 0.6 is 0 Å². The zero-order valence-electron chi connectivity index (χ0n) is 27.2. The van der Waals surface area contributed by atoms with E-state index in [9.17, 15) is 4.79 Å². The number of benzene rings is 2. The van der Waals surface area contributed by atoms with Gasteiger partial charge in [-0.1, -0.05) is 89.4 Å². The molecular formula is C37H54N4O2. The Balaban J connectivity index is 0.000000243. The summed E-state index contributed by atoms with van der Waals surface area (Å²) in [6.45, 7) is 15.3. The number of likely N-dealkylation sites (tertiary alicyclic amines) is 1. The quantitative estimate of drug-likeness (QED) is 0.211. The van der Waals surface area contributed by atoms with Gasteiger partial charge in [0, 0.05) is 18.3 Å². The Kier molecular flexibility index (Phi) is 14.2. The van der Waals surface area contributed by atoms with Gasteiger partial charge in [0.05, 0.1) is 18.3 Å². The summed E-state index contributed by atoms with van der Waals surface area (Å²) in [5.41, 5.74) is 18.6. The van der Waals surface area contributed by atoms with Gasteiger partial charge in [0.1, 0.15) is 5.82 Å². The lowest BCUT2D eigenvalue weighted by molar-refractivity contribution is 0.0276. The van der Waals surface area contributed by atoms with E-state index in [-0.39, 0.29) is 11.4 Å². The van der Waals surface area contributed by atoms with E-state index in [0.717, 1.165) is 36.6 Å². The number of unbranched alkanes of at least 4 members (excludes halogenated alkanes) is 1. The number of anilines is 1. The van der Waals surface area contributed by atoms with E-state index in [1.54, 1.807) is 12.3 Å². The van der Waals surface area contributed by atoms with Gasteiger partial charge in [-0.25, -0.2) is 4.98 Å². The molecule has 0 bridgehead atoms. The molecule has 6 heteroatoms. The van der Waals surface area contributed by atoms with Crippen LogP contribution in [0.25, 0.3) is 11.1 Å². The van der Waals surface area contributed by atoms with Gasteiger partial charge in [0.25, 0.3) is 5.91 Å². The molecule has 1 atom stereocenters. The van der Waals surface area contributed by atoms with Gasteiger partial charge < -0.3 is 16.2 Å². The first-order chi connectivity index (χ1) is 20.7. The standard InChI is InChI=1S/C19H24N4O.C18H30O/c1-13-6-8-23(9-7-13)12-14-2-4-15(5-3-14)16-10-17(19(21)24)18(20)22-11-16;1-5-8-10-18(9-6-2)19-14-16-12-11-15(4)17(7-3)13-16/h2-5,10-11,13H,6-9,12H2,1H3,(H2,20,22)(H2,21,24);11-13,18H,5-10,14H2,1-4H3. The van der Waals surface area contributed by atoms with Gasteiger partial charge >= 0.3 is 0 Å². The maximum absolute atomic E-state index is 11.4. The van der Waals surface area contributed by atoms with Crippen molar-refractivity contribution < 1.29 is 9.53 Å². The van der Waals surface area contributed by atoms with E-state index in [1.807, 2.05) is 0 Å². The predicted molar refractivity (Wildman–Crippen MR) is 180 cm³/mol. The third-order valence-corrected chi connectivity index (χ3v) is 8.52. The van der Waals surface area contributed by atoms with Crippen LogP contribution in [0.2, 0.25) is 0 Å². The van der Waals surface area contributed by atoms with Gasteiger partial charge in [-0.3, -0.25) is 9.69 Å². The number of aryl methyl sites for hydroxylation is 2. The molecule has 0 spiro atoms. The first-order valence-electron chi connectivity index (χ1n) is 16.3. The highest BCUT2D eigenvalue weighted by molar-refractivity contribution is 5.98. The van der Waals surface area contributed by atoms with Crippen LogP contribution in [0.1, 0.15) is 105 Å². The SMILES string of the molecule is CC1CCN(Cc2ccc(-c3cnc(N)c(C(N)=O)c3)cc2)CC1.CCCCC(CCC)OCc1ccc(C)c(CC)c1. The Bertz CT molecular complexity index is 1270. The number of hydrogen-bond acceptors (Lipinski definition) is 5. The fourth-order valence-electron chi connectivity index (χ4n) is 5.59. The summed E-state index contributed by atoms with van der Waals surface area (Å²) in [7, 11) is 0. The van der Waals surface area contributed by atoms with Crippen molar-refractivity contribution in [2.24, 2.45) is 11.7 Å². The Hall–Kier alpha value is -3.22. The molecule has 2 aromatic carbocycles. The molecule has 1 aliphatic rings. The fraction of sp³-hybridized carbons (Fsp3) is 0.514. The molecule has 4 N–H and O–H groups in total. The molecule has 2 heterocycles. The predicted octanol–water partition coefficient (Wildman–Crippen LogP) is 8.09. The van der Waals surface area contributed by atoms with Crippen LogP contribution in [-0.2, 0) is 24.3 Å². The van der Waals surface area contributed by atoms with Crippen molar-refractivity contribution in [1.29, 1.82) is 0 Å². The summed E-state index contributed by atoms with van der Waals surface area (Å²) in [5.74, 6) is 0.459. The minimum atomic E-state index is -0.558. The number of nitrogens with zero attached hydrogens (tertiary/aromatic N) is 2. The number of pyridine rings is 1. The van der Waals surface area contributed by atoms with Crippen molar-refractivity contribution >= 4 is 11.7 Å². The van der Waals surface area contributed by atoms with Crippen LogP contribution in [0.5, 0.6) is 0 Å². The molecule has 1 fully saturated rings. The monoisotopic (exact) mass is 586 g/mol. The number of amides is 1. The lowest BCUT2D eigenvalue weighted by Gasteiger charge is -2.30. The Morgan fingerprint density at radius 3 is 2.30 bits per heavy atom. The number of nitrogens with two attached hydrogens (primary N) is 2. The van der Waals surface area contributed by atoms with Gasteiger partial charge in [0.2, 0.25) is 0 Å². The van der Waals surface area contributed by atoms with Crippen molar-refractivity contribution in [3.8, 4) is 11.1 Å². The van der Waals surface area contributed by atoms with Gasteiger partial charge in [-0.2, -0.15) is 0 Å². The maximum Gasteiger partial charge on any atom is 0.252 e. The summed E-state index contributed by atoms with van der Waals surface area (Å²) >= 11 is 0. The molecule has 234 valence electrons. The second kappa shape index (κ2) is 17.8. The molecule has 1 unspecified atom stereocenters. The number of primary amides is 1. The number of carbonyl (C=O) groups is 1. The third kappa shape index (κ3) is 11.1. The fourth-order valence-corrected chi connectivity index (χ4v) is 5.59. The van der Waals surface area contributed by atoms with E-state index in [1.165, 1.54) is 80.3 Å². The van der Waals surface area contributed by atoms with E-state index in [0.29, 0.717) is 6.10 Å². The molecule has 3 aromatic rings. The summed E-state index contributed by atoms with van der Waals surface area (Å²) in [6.07, 6.45) is 11.9. The normalized spacial score (nSPS) is 14.6. The highest BCUT2D eigenvalue weighted by Crippen LogP contribution is 2.24. The first-order valence-corrected chi connectivity index (χ1v) is 16.3. The molecule has 6 nitrogen and oxygen atoms in total. The van der Waals surface area contributed by atoms with Crippen molar-refractivity contribution in [3.63, 3.8) is 0 Å². The number of rotatable bonds is 13. The topological polar surface area (TPSA) is 94.5 Å². The van der Waals surface area contributed by atoms with Crippen LogP contribution < -0.4 is 11.5 Å². The number of aromatic nitrogens is 1. The molecule has 0 aliphatic carbocycles. The van der Waals surface area contributed by atoms with E-state index >= 15 is 0 Å². The van der Waals surface area contributed by atoms with E-state index in [4.69, 9.17) is 16.2 Å². The average Bonchev–Trinajstić information content (AvgIpc) is 3.01. The van der Waals surface area contributed by atoms with Gasteiger partial charge in [0.15, 0.2) is 0 Å². The first kappa shape index (κ1) is 34.3. The molecule has 0 saturated carbocycles. The molecule has 0 radical (unpaired) electrons. The average molecular weight is 587 g/mol. The molecule has 4 rings (SSSR count). The molecule has 1 amide bonds. The Labute approximate surface area is 260 Å². The van der Waals surface area contributed by atoms with Crippen molar-refractivity contribution in [2.45, 2.75) is 105 Å². The van der Waals surface area contributed by atoms with E-state index in [2.05, 4.69) is 87.0 Å². The molecule has 1 aromatic heterocycles. The van der Waals surface area contributed by atoms with Crippen LogP contribution in [0, 0.1) is 12.8 Å². The van der Waals surface area contributed by atoms with Gasteiger partial charge in [-0.15, -0.1) is 0 Å². The van der Waals surface area contributed by atoms with Crippen LogP contribution in [0.15, 0.2) is 54.7 Å². The summed E-state index contributed by atoms with van der Waals surface area (Å²) in [6, 6.07) is 16.8. The lowest BCUT2D eigenvalue weighted by atomic mass is 9.98. The van der Waals surface area contributed by atoms with Crippen molar-refractivity contribution in [3.05, 3.63) is 82.5 Å². The molecular weight excluding hydrogens is 532 g/mol.